The van der Waals surface area contributed by atoms with Crippen LogP contribution in [0.3, 0.4) is 0 Å². The molecule has 0 radical (unpaired) electrons. The third-order valence-electron chi connectivity index (χ3n) is 2.39. The molecule has 0 aliphatic rings. The number of ether oxygens (including phenoxy) is 2. The average molecular weight is 281 g/mol. The number of hydrogen-bond donors (Lipinski definition) is 2. The van der Waals surface area contributed by atoms with E-state index in [1.807, 2.05) is 6.92 Å². The van der Waals surface area contributed by atoms with Gasteiger partial charge in [-0.25, -0.2) is 4.79 Å². The lowest BCUT2D eigenvalue weighted by atomic mass is 10.2. The van der Waals surface area contributed by atoms with E-state index < -0.39 is 5.97 Å². The minimum absolute atomic E-state index is 0.00172. The number of carboxylic acid groups (broad SMARTS) is 1. The van der Waals surface area contributed by atoms with Crippen LogP contribution in [0.15, 0.2) is 18.2 Å². The van der Waals surface area contributed by atoms with Crippen LogP contribution < -0.4 is 14.8 Å². The van der Waals surface area contributed by atoms with Crippen molar-refractivity contribution >= 4 is 11.9 Å². The van der Waals surface area contributed by atoms with Gasteiger partial charge < -0.3 is 19.9 Å². The van der Waals surface area contributed by atoms with Gasteiger partial charge in [-0.3, -0.25) is 4.79 Å². The predicted octanol–water partition coefficient (Wildman–Crippen LogP) is 1.69. The van der Waals surface area contributed by atoms with Crippen molar-refractivity contribution in [1.29, 1.82) is 0 Å². The Balaban J connectivity index is 2.82. The molecule has 0 fully saturated rings. The largest absolute Gasteiger partial charge is 0.493 e. The second-order valence-corrected chi connectivity index (χ2v) is 4.05. The average Bonchev–Trinajstić information content (AvgIpc) is 2.43. The highest BCUT2D eigenvalue weighted by Gasteiger charge is 2.14. The molecule has 6 nitrogen and oxygen atoms in total. The molecule has 110 valence electrons. The van der Waals surface area contributed by atoms with Crippen LogP contribution in [0, 0.1) is 0 Å². The fourth-order valence-electron chi connectivity index (χ4n) is 1.50. The van der Waals surface area contributed by atoms with Gasteiger partial charge in [-0.1, -0.05) is 6.92 Å². The third kappa shape index (κ3) is 4.79. The monoisotopic (exact) mass is 281 g/mol. The summed E-state index contributed by atoms with van der Waals surface area (Å²) in [5.41, 5.74) is -0.00172. The summed E-state index contributed by atoms with van der Waals surface area (Å²) in [5.74, 6) is -0.776. The number of aromatic carboxylic acids is 1. The summed E-state index contributed by atoms with van der Waals surface area (Å²) in [6.45, 7) is 4.55. The fraction of sp³-hybridized carbons (Fsp3) is 0.429. The summed E-state index contributed by atoms with van der Waals surface area (Å²) in [5, 5.41) is 11.7. The molecule has 0 saturated heterocycles. The Morgan fingerprint density at radius 2 is 2.00 bits per heavy atom. The van der Waals surface area contributed by atoms with Crippen molar-refractivity contribution in [2.75, 3.05) is 19.8 Å². The summed E-state index contributed by atoms with van der Waals surface area (Å²) < 4.78 is 10.7. The maximum absolute atomic E-state index is 11.3. The first-order chi connectivity index (χ1) is 9.58. The second-order valence-electron chi connectivity index (χ2n) is 4.05. The molecule has 0 saturated carbocycles. The lowest BCUT2D eigenvalue weighted by Crippen LogP contribution is -2.28. The zero-order chi connectivity index (χ0) is 15.0. The number of carbonyl (C=O) groups is 2. The molecule has 1 rings (SSSR count). The number of carbonyl (C=O) groups excluding carboxylic acids is 1. The highest BCUT2D eigenvalue weighted by atomic mass is 16.5. The Bertz CT molecular complexity index is 473. The molecular formula is C14H19NO5. The standard InChI is InChI=1S/C14H19NO5/c1-3-7-19-10-5-6-11(14(17)18)12(8-10)20-9-13(16)15-4-2/h5-6,8H,3-4,7,9H2,1-2H3,(H,15,16)(H,17,18). The smallest absolute Gasteiger partial charge is 0.339 e. The van der Waals surface area contributed by atoms with Crippen LogP contribution in [0.1, 0.15) is 30.6 Å². The first-order valence-electron chi connectivity index (χ1n) is 6.48. The lowest BCUT2D eigenvalue weighted by Gasteiger charge is -2.11. The quantitative estimate of drug-likeness (QED) is 0.757. The number of rotatable bonds is 8. The third-order valence-corrected chi connectivity index (χ3v) is 2.39. The summed E-state index contributed by atoms with van der Waals surface area (Å²) in [6, 6.07) is 4.46. The van der Waals surface area contributed by atoms with Gasteiger partial charge in [0, 0.05) is 12.6 Å². The molecule has 1 aromatic carbocycles. The molecule has 0 bridgehead atoms. The van der Waals surface area contributed by atoms with Crippen LogP contribution in [0.5, 0.6) is 11.5 Å². The van der Waals surface area contributed by atoms with Crippen LogP contribution in [-0.4, -0.2) is 36.7 Å². The Hall–Kier alpha value is -2.24. The molecule has 0 unspecified atom stereocenters. The number of benzene rings is 1. The minimum Gasteiger partial charge on any atom is -0.493 e. The van der Waals surface area contributed by atoms with E-state index in [9.17, 15) is 9.59 Å². The molecule has 0 aliphatic heterocycles. The van der Waals surface area contributed by atoms with Gasteiger partial charge in [0.05, 0.1) is 6.61 Å². The van der Waals surface area contributed by atoms with E-state index in [-0.39, 0.29) is 23.8 Å². The van der Waals surface area contributed by atoms with Gasteiger partial charge in [0.1, 0.15) is 17.1 Å². The fourth-order valence-corrected chi connectivity index (χ4v) is 1.50. The molecule has 0 aliphatic carbocycles. The van der Waals surface area contributed by atoms with Crippen LogP contribution in [0.4, 0.5) is 0 Å². The predicted molar refractivity (Wildman–Crippen MR) is 73.4 cm³/mol. The number of carboxylic acids is 1. The van der Waals surface area contributed by atoms with E-state index in [4.69, 9.17) is 14.6 Å². The van der Waals surface area contributed by atoms with E-state index in [1.54, 1.807) is 13.0 Å². The summed E-state index contributed by atoms with van der Waals surface area (Å²) in [7, 11) is 0. The Kier molecular flexibility index (Phi) is 6.36. The van der Waals surface area contributed by atoms with E-state index >= 15 is 0 Å². The zero-order valence-corrected chi connectivity index (χ0v) is 11.6. The van der Waals surface area contributed by atoms with Crippen molar-refractivity contribution in [3.05, 3.63) is 23.8 Å². The molecule has 1 aromatic rings. The van der Waals surface area contributed by atoms with Gasteiger partial charge in [-0.2, -0.15) is 0 Å². The van der Waals surface area contributed by atoms with Crippen LogP contribution in [0.2, 0.25) is 0 Å². The molecule has 0 atom stereocenters. The van der Waals surface area contributed by atoms with Gasteiger partial charge >= 0.3 is 5.97 Å². The van der Waals surface area contributed by atoms with Crippen molar-refractivity contribution in [2.45, 2.75) is 20.3 Å². The zero-order valence-electron chi connectivity index (χ0n) is 11.6. The highest BCUT2D eigenvalue weighted by molar-refractivity contribution is 5.91. The molecule has 0 heterocycles. The molecule has 1 amide bonds. The normalized spacial score (nSPS) is 9.90. The first-order valence-corrected chi connectivity index (χ1v) is 6.48. The van der Waals surface area contributed by atoms with Crippen molar-refractivity contribution in [1.82, 2.24) is 5.32 Å². The molecule has 6 heteroatoms. The minimum atomic E-state index is -1.11. The maximum atomic E-state index is 11.3. The second kappa shape index (κ2) is 8.04. The van der Waals surface area contributed by atoms with E-state index in [0.717, 1.165) is 6.42 Å². The van der Waals surface area contributed by atoms with Gasteiger partial charge in [0.25, 0.3) is 5.91 Å². The van der Waals surface area contributed by atoms with Crippen molar-refractivity contribution < 1.29 is 24.2 Å². The number of nitrogens with one attached hydrogen (secondary N) is 1. The van der Waals surface area contributed by atoms with Crippen LogP contribution in [-0.2, 0) is 4.79 Å². The van der Waals surface area contributed by atoms with Gasteiger partial charge in [-0.15, -0.1) is 0 Å². The summed E-state index contributed by atoms with van der Waals surface area (Å²) >= 11 is 0. The first kappa shape index (κ1) is 15.8. The number of amides is 1. The molecule has 2 N–H and O–H groups in total. The van der Waals surface area contributed by atoms with Crippen molar-refractivity contribution in [3.8, 4) is 11.5 Å². The maximum Gasteiger partial charge on any atom is 0.339 e. The molecule has 0 aromatic heterocycles. The van der Waals surface area contributed by atoms with Crippen molar-refractivity contribution in [2.24, 2.45) is 0 Å². The van der Waals surface area contributed by atoms with Gasteiger partial charge in [-0.05, 0) is 25.5 Å². The van der Waals surface area contributed by atoms with Crippen LogP contribution >= 0.6 is 0 Å². The van der Waals surface area contributed by atoms with Crippen molar-refractivity contribution in [3.63, 3.8) is 0 Å². The SMILES string of the molecule is CCCOc1ccc(C(=O)O)c(OCC(=O)NCC)c1. The Labute approximate surface area is 117 Å². The lowest BCUT2D eigenvalue weighted by molar-refractivity contribution is -0.123. The Morgan fingerprint density at radius 3 is 2.60 bits per heavy atom. The molecule has 0 spiro atoms. The molecule has 20 heavy (non-hydrogen) atoms. The van der Waals surface area contributed by atoms with E-state index in [2.05, 4.69) is 5.32 Å². The number of likely N-dealkylation sites (N-methyl/N-ethyl adjacent to an activating group) is 1. The van der Waals surface area contributed by atoms with Crippen LogP contribution in [0.25, 0.3) is 0 Å². The Morgan fingerprint density at radius 1 is 1.25 bits per heavy atom. The van der Waals surface area contributed by atoms with Gasteiger partial charge in [0.15, 0.2) is 6.61 Å². The highest BCUT2D eigenvalue weighted by Crippen LogP contribution is 2.25. The summed E-state index contributed by atoms with van der Waals surface area (Å²) in [6.07, 6.45) is 0.843. The van der Waals surface area contributed by atoms with Gasteiger partial charge in [0.2, 0.25) is 0 Å². The topological polar surface area (TPSA) is 84.9 Å². The summed E-state index contributed by atoms with van der Waals surface area (Å²) in [4.78, 5) is 22.4. The van der Waals surface area contributed by atoms with E-state index in [1.165, 1.54) is 12.1 Å². The number of hydrogen-bond acceptors (Lipinski definition) is 4. The molecular weight excluding hydrogens is 262 g/mol. The van der Waals surface area contributed by atoms with E-state index in [0.29, 0.717) is 18.9 Å².